The first-order chi connectivity index (χ1) is 21.6. The fraction of sp³-hybridized carbons (Fsp3) is 0.290. The normalized spacial score (nSPS) is 16.6. The van der Waals surface area contributed by atoms with E-state index >= 15 is 0 Å². The van der Waals surface area contributed by atoms with Crippen LogP contribution in [0.3, 0.4) is 0 Å². The highest BCUT2D eigenvalue weighted by Gasteiger charge is 2.36. The van der Waals surface area contributed by atoms with E-state index in [0.717, 1.165) is 28.8 Å². The summed E-state index contributed by atoms with van der Waals surface area (Å²) in [5.41, 5.74) is -0.288. The van der Waals surface area contributed by atoms with Gasteiger partial charge in [0.1, 0.15) is 5.75 Å². The van der Waals surface area contributed by atoms with Crippen LogP contribution in [0.15, 0.2) is 95.0 Å². The van der Waals surface area contributed by atoms with Crippen LogP contribution >= 0.6 is 0 Å². The first-order valence-corrected chi connectivity index (χ1v) is 17.1. The van der Waals surface area contributed by atoms with Gasteiger partial charge in [-0.1, -0.05) is 24.3 Å². The third-order valence-electron chi connectivity index (χ3n) is 7.68. The molecule has 0 radical (unpaired) electrons. The van der Waals surface area contributed by atoms with Gasteiger partial charge in [0, 0.05) is 24.8 Å². The van der Waals surface area contributed by atoms with E-state index < -0.39 is 48.2 Å². The van der Waals surface area contributed by atoms with Crippen LogP contribution in [0.25, 0.3) is 11.1 Å². The van der Waals surface area contributed by atoms with Crippen molar-refractivity contribution in [3.05, 3.63) is 96.3 Å². The predicted molar refractivity (Wildman–Crippen MR) is 163 cm³/mol. The molecule has 5 rings (SSSR count). The molecule has 46 heavy (non-hydrogen) atoms. The highest BCUT2D eigenvalue weighted by molar-refractivity contribution is 7.90. The maximum Gasteiger partial charge on any atom is 0.416 e. The van der Waals surface area contributed by atoms with Crippen molar-refractivity contribution in [3.8, 4) is 16.9 Å². The van der Waals surface area contributed by atoms with E-state index in [1.807, 2.05) is 10.8 Å². The molecule has 15 heteroatoms. The standard InChI is InChI=1S/C31H31F3N4O6S2/c1-30(2,29(39)37-45(40,41)27-14-10-25(11-15-27)31(32,33)34)44-26-7-3-5-22(17-26)23-6-4-16-38(20-23)46(42,43)28-12-8-21(9-13-28)24-18-35-36-19-24/h3,5,7-15,17-19,23H,4,6,16,20H2,1-2H3,(H,35,36)(H,37,39). The van der Waals surface area contributed by atoms with E-state index in [4.69, 9.17) is 4.74 Å². The minimum Gasteiger partial charge on any atom is -0.478 e. The first-order valence-electron chi connectivity index (χ1n) is 14.2. The van der Waals surface area contributed by atoms with Gasteiger partial charge in [0.05, 0.1) is 21.6 Å². The molecular formula is C31H31F3N4O6S2. The molecule has 1 amide bonds. The molecule has 1 aliphatic heterocycles. The third kappa shape index (κ3) is 7.26. The van der Waals surface area contributed by atoms with Gasteiger partial charge >= 0.3 is 6.18 Å². The Kier molecular flexibility index (Phi) is 9.03. The summed E-state index contributed by atoms with van der Waals surface area (Å²) in [7, 11) is -8.27. The van der Waals surface area contributed by atoms with E-state index in [0.29, 0.717) is 31.5 Å². The number of ether oxygens (including phenoxy) is 1. The zero-order valence-electron chi connectivity index (χ0n) is 24.8. The van der Waals surface area contributed by atoms with Crippen molar-refractivity contribution in [2.24, 2.45) is 0 Å². The highest BCUT2D eigenvalue weighted by Crippen LogP contribution is 2.34. The number of hydrogen-bond acceptors (Lipinski definition) is 7. The molecule has 1 unspecified atom stereocenters. The average molecular weight is 677 g/mol. The number of halogens is 3. The number of carbonyl (C=O) groups is 1. The third-order valence-corrected chi connectivity index (χ3v) is 10.9. The summed E-state index contributed by atoms with van der Waals surface area (Å²) in [5, 5.41) is 6.64. The number of rotatable bonds is 9. The lowest BCUT2D eigenvalue weighted by Gasteiger charge is -2.32. The fourth-order valence-electron chi connectivity index (χ4n) is 5.11. The van der Waals surface area contributed by atoms with Crippen molar-refractivity contribution in [1.82, 2.24) is 19.2 Å². The lowest BCUT2D eigenvalue weighted by Crippen LogP contribution is -2.48. The summed E-state index contributed by atoms with van der Waals surface area (Å²) in [6.45, 7) is 3.29. The van der Waals surface area contributed by atoms with E-state index in [1.54, 1.807) is 54.9 Å². The van der Waals surface area contributed by atoms with Gasteiger partial charge in [0.2, 0.25) is 10.0 Å². The number of hydrogen-bond donors (Lipinski definition) is 2. The molecule has 1 fully saturated rings. The summed E-state index contributed by atoms with van der Waals surface area (Å²) in [6.07, 6.45) is 0.0560. The van der Waals surface area contributed by atoms with Gasteiger partial charge in [-0.3, -0.25) is 9.89 Å². The molecule has 10 nitrogen and oxygen atoms in total. The molecule has 0 spiro atoms. The van der Waals surface area contributed by atoms with Gasteiger partial charge in [0.25, 0.3) is 15.9 Å². The Balaban J connectivity index is 1.26. The van der Waals surface area contributed by atoms with Crippen LogP contribution in [-0.2, 0) is 31.0 Å². The van der Waals surface area contributed by atoms with Crippen LogP contribution < -0.4 is 9.46 Å². The van der Waals surface area contributed by atoms with Crippen molar-refractivity contribution in [2.45, 2.75) is 54.2 Å². The molecule has 4 aromatic rings. The lowest BCUT2D eigenvalue weighted by atomic mass is 9.91. The number of aromatic nitrogens is 2. The van der Waals surface area contributed by atoms with Crippen LogP contribution in [0.1, 0.15) is 43.7 Å². The Morgan fingerprint density at radius 2 is 1.63 bits per heavy atom. The molecule has 1 atom stereocenters. The Labute approximate surface area is 264 Å². The van der Waals surface area contributed by atoms with Crippen LogP contribution in [0.2, 0.25) is 0 Å². The van der Waals surface area contributed by atoms with Crippen molar-refractivity contribution in [3.63, 3.8) is 0 Å². The Hall–Kier alpha value is -4.21. The number of amides is 1. The number of aromatic amines is 1. The second-order valence-electron chi connectivity index (χ2n) is 11.4. The van der Waals surface area contributed by atoms with Crippen molar-refractivity contribution >= 4 is 26.0 Å². The summed E-state index contributed by atoms with van der Waals surface area (Å²) < 4.78 is 100. The molecule has 1 aliphatic rings. The molecule has 3 aromatic carbocycles. The SMILES string of the molecule is CC(C)(Oc1cccc(C2CCCN(S(=O)(=O)c3ccc(-c4cn[nH]c4)cc3)C2)c1)C(=O)NS(=O)(=O)c1ccc(C(F)(F)F)cc1. The average Bonchev–Trinajstić information content (AvgIpc) is 3.56. The van der Waals surface area contributed by atoms with E-state index in [1.165, 1.54) is 18.2 Å². The monoisotopic (exact) mass is 676 g/mol. The molecule has 0 saturated carbocycles. The summed E-state index contributed by atoms with van der Waals surface area (Å²) in [5.74, 6) is -0.958. The summed E-state index contributed by atoms with van der Waals surface area (Å²) in [6, 6.07) is 16.1. The van der Waals surface area contributed by atoms with E-state index in [9.17, 15) is 34.8 Å². The molecule has 2 heterocycles. The number of carbonyl (C=O) groups excluding carboxylic acids is 1. The minimum atomic E-state index is -4.65. The molecule has 0 bridgehead atoms. The topological polar surface area (TPSA) is 139 Å². The highest BCUT2D eigenvalue weighted by atomic mass is 32.2. The maximum atomic E-state index is 13.5. The summed E-state index contributed by atoms with van der Waals surface area (Å²) >= 11 is 0. The zero-order chi connectivity index (χ0) is 33.3. The Morgan fingerprint density at radius 3 is 2.26 bits per heavy atom. The van der Waals surface area contributed by atoms with Gasteiger partial charge < -0.3 is 4.74 Å². The molecular weight excluding hydrogens is 645 g/mol. The first kappa shape index (κ1) is 33.2. The number of alkyl halides is 3. The van der Waals surface area contributed by atoms with Crippen LogP contribution in [-0.4, -0.2) is 55.9 Å². The Morgan fingerprint density at radius 1 is 0.957 bits per heavy atom. The number of sulfonamides is 2. The maximum absolute atomic E-state index is 13.5. The van der Waals surface area contributed by atoms with Crippen molar-refractivity contribution < 1.29 is 39.5 Å². The Bertz CT molecular complexity index is 1910. The number of piperidine rings is 1. The van der Waals surface area contributed by atoms with Gasteiger partial charge in [-0.05, 0) is 92.3 Å². The second kappa shape index (κ2) is 12.5. The minimum absolute atomic E-state index is 0.172. The van der Waals surface area contributed by atoms with Crippen molar-refractivity contribution in [2.75, 3.05) is 13.1 Å². The largest absolute Gasteiger partial charge is 0.478 e. The number of H-pyrrole nitrogens is 1. The van der Waals surface area contributed by atoms with Crippen LogP contribution in [0.4, 0.5) is 13.2 Å². The molecule has 244 valence electrons. The van der Waals surface area contributed by atoms with E-state index in [2.05, 4.69) is 10.2 Å². The zero-order valence-corrected chi connectivity index (χ0v) is 26.4. The van der Waals surface area contributed by atoms with Gasteiger partial charge in [0.15, 0.2) is 5.60 Å². The molecule has 2 N–H and O–H groups in total. The number of benzene rings is 3. The van der Waals surface area contributed by atoms with Crippen molar-refractivity contribution in [1.29, 1.82) is 0 Å². The molecule has 0 aliphatic carbocycles. The smallest absolute Gasteiger partial charge is 0.416 e. The summed E-state index contributed by atoms with van der Waals surface area (Å²) in [4.78, 5) is 12.6. The second-order valence-corrected chi connectivity index (χ2v) is 15.0. The number of nitrogens with zero attached hydrogens (tertiary/aromatic N) is 2. The van der Waals surface area contributed by atoms with Crippen LogP contribution in [0, 0.1) is 0 Å². The van der Waals surface area contributed by atoms with E-state index in [-0.39, 0.29) is 23.1 Å². The van der Waals surface area contributed by atoms with Gasteiger partial charge in [-0.2, -0.15) is 22.6 Å². The van der Waals surface area contributed by atoms with Gasteiger partial charge in [-0.25, -0.2) is 21.6 Å². The molecule has 1 saturated heterocycles. The predicted octanol–water partition coefficient (Wildman–Crippen LogP) is 5.33. The van der Waals surface area contributed by atoms with Crippen LogP contribution in [0.5, 0.6) is 5.75 Å². The lowest BCUT2D eigenvalue weighted by molar-refractivity contribution is -0.137. The van der Waals surface area contributed by atoms with Gasteiger partial charge in [-0.15, -0.1) is 0 Å². The quantitative estimate of drug-likeness (QED) is 0.245. The fourth-order valence-corrected chi connectivity index (χ4v) is 7.74. The number of nitrogens with one attached hydrogen (secondary N) is 2. The molecule has 1 aromatic heterocycles.